The predicted molar refractivity (Wildman–Crippen MR) is 107 cm³/mol. The second kappa shape index (κ2) is 7.90. The molecule has 0 radical (unpaired) electrons. The Balaban J connectivity index is 1.34. The molecule has 3 heterocycles. The van der Waals surface area contributed by atoms with Gasteiger partial charge in [0.05, 0.1) is 11.8 Å². The Morgan fingerprint density at radius 2 is 2.00 bits per heavy atom. The summed E-state index contributed by atoms with van der Waals surface area (Å²) in [5.41, 5.74) is 0.451. The molecule has 1 aliphatic heterocycles. The van der Waals surface area contributed by atoms with Crippen molar-refractivity contribution in [1.82, 2.24) is 20.0 Å². The molecule has 3 aromatic rings. The van der Waals surface area contributed by atoms with Gasteiger partial charge in [-0.15, -0.1) is 0 Å². The summed E-state index contributed by atoms with van der Waals surface area (Å²) < 4.78 is 6.86. The first-order valence-corrected chi connectivity index (χ1v) is 9.60. The Labute approximate surface area is 167 Å². The van der Waals surface area contributed by atoms with Crippen molar-refractivity contribution in [2.24, 2.45) is 13.0 Å². The maximum Gasteiger partial charge on any atom is 0.349 e. The second-order valence-corrected chi connectivity index (χ2v) is 7.33. The van der Waals surface area contributed by atoms with Crippen LogP contribution in [0, 0.1) is 5.92 Å². The number of carbonyl (C=O) groups excluding carboxylic acids is 2. The molecule has 0 bridgehead atoms. The number of hydrogen-bond acceptors (Lipinski definition) is 5. The lowest BCUT2D eigenvalue weighted by Gasteiger charge is -2.31. The number of fused-ring (bicyclic) bond motifs is 1. The topological polar surface area (TPSA) is 97.4 Å². The lowest BCUT2D eigenvalue weighted by Crippen LogP contribution is -2.42. The van der Waals surface area contributed by atoms with E-state index in [0.717, 1.165) is 18.2 Å². The molecule has 1 saturated heterocycles. The van der Waals surface area contributed by atoms with Gasteiger partial charge in [0.25, 0.3) is 11.8 Å². The molecule has 1 fully saturated rings. The maximum absolute atomic E-state index is 12.8. The van der Waals surface area contributed by atoms with E-state index in [-0.39, 0.29) is 23.3 Å². The molecule has 1 aromatic carbocycles. The normalized spacial score (nSPS) is 14.9. The van der Waals surface area contributed by atoms with Crippen molar-refractivity contribution in [3.63, 3.8) is 0 Å². The first-order chi connectivity index (χ1) is 14.0. The Morgan fingerprint density at radius 3 is 2.72 bits per heavy atom. The molecule has 2 aromatic heterocycles. The van der Waals surface area contributed by atoms with Crippen LogP contribution in [-0.4, -0.2) is 46.1 Å². The number of likely N-dealkylation sites (tertiary alicyclic amines) is 1. The van der Waals surface area contributed by atoms with Gasteiger partial charge in [0, 0.05) is 38.3 Å². The fourth-order valence-electron chi connectivity index (χ4n) is 3.60. The number of nitrogens with zero attached hydrogens (tertiary/aromatic N) is 3. The first kappa shape index (κ1) is 18.9. The average molecular weight is 394 g/mol. The summed E-state index contributed by atoms with van der Waals surface area (Å²) >= 11 is 0. The SMILES string of the molecule is Cn1cc(C(=O)NCC2CCN(C(=O)c3cc4ccccc4oc3=O)CC2)cn1. The molecule has 0 unspecified atom stereocenters. The zero-order chi connectivity index (χ0) is 20.4. The minimum Gasteiger partial charge on any atom is -0.422 e. The van der Waals surface area contributed by atoms with Crippen molar-refractivity contribution < 1.29 is 14.0 Å². The van der Waals surface area contributed by atoms with Crippen LogP contribution in [0.2, 0.25) is 0 Å². The fourth-order valence-corrected chi connectivity index (χ4v) is 3.60. The summed E-state index contributed by atoms with van der Waals surface area (Å²) in [6.07, 6.45) is 4.73. The van der Waals surface area contributed by atoms with Gasteiger partial charge >= 0.3 is 5.63 Å². The van der Waals surface area contributed by atoms with Gasteiger partial charge in [-0.25, -0.2) is 4.79 Å². The molecular weight excluding hydrogens is 372 g/mol. The highest BCUT2D eigenvalue weighted by Crippen LogP contribution is 2.19. The highest BCUT2D eigenvalue weighted by molar-refractivity contribution is 5.96. The number of hydrogen-bond donors (Lipinski definition) is 1. The van der Waals surface area contributed by atoms with Crippen LogP contribution in [0.3, 0.4) is 0 Å². The third kappa shape index (κ3) is 4.06. The van der Waals surface area contributed by atoms with Crippen LogP contribution in [-0.2, 0) is 7.05 Å². The van der Waals surface area contributed by atoms with E-state index in [0.29, 0.717) is 30.8 Å². The van der Waals surface area contributed by atoms with E-state index in [9.17, 15) is 14.4 Å². The molecule has 2 amide bonds. The quantitative estimate of drug-likeness (QED) is 0.681. The van der Waals surface area contributed by atoms with Crippen LogP contribution in [0.1, 0.15) is 33.6 Å². The van der Waals surface area contributed by atoms with Crippen molar-refractivity contribution in [2.45, 2.75) is 12.8 Å². The summed E-state index contributed by atoms with van der Waals surface area (Å²) in [6.45, 7) is 1.63. The van der Waals surface area contributed by atoms with Gasteiger partial charge in [-0.1, -0.05) is 18.2 Å². The number of para-hydroxylation sites is 1. The Hall–Kier alpha value is -3.42. The highest BCUT2D eigenvalue weighted by atomic mass is 16.4. The van der Waals surface area contributed by atoms with Gasteiger partial charge in [0.1, 0.15) is 11.1 Å². The van der Waals surface area contributed by atoms with Crippen LogP contribution < -0.4 is 10.9 Å². The lowest BCUT2D eigenvalue weighted by atomic mass is 9.96. The van der Waals surface area contributed by atoms with Gasteiger partial charge < -0.3 is 14.6 Å². The minimum absolute atomic E-state index is 0.0621. The maximum atomic E-state index is 12.8. The van der Waals surface area contributed by atoms with Crippen LogP contribution in [0.15, 0.2) is 51.9 Å². The minimum atomic E-state index is -0.612. The number of aryl methyl sites for hydroxylation is 1. The Kier molecular flexibility index (Phi) is 5.16. The van der Waals surface area contributed by atoms with Crippen LogP contribution in [0.25, 0.3) is 11.0 Å². The standard InChI is InChI=1S/C21H22N4O4/c1-24-13-16(12-23-24)19(26)22-11-14-6-8-25(9-7-14)20(27)17-10-15-4-2-3-5-18(15)29-21(17)28/h2-5,10,12-14H,6-9,11H2,1H3,(H,22,26). The summed E-state index contributed by atoms with van der Waals surface area (Å²) in [6, 6.07) is 8.73. The summed E-state index contributed by atoms with van der Waals surface area (Å²) in [5, 5.41) is 7.65. The molecule has 150 valence electrons. The third-order valence-electron chi connectivity index (χ3n) is 5.29. The number of piperidine rings is 1. The van der Waals surface area contributed by atoms with E-state index in [1.54, 1.807) is 41.0 Å². The number of aromatic nitrogens is 2. The molecule has 0 spiro atoms. The lowest BCUT2D eigenvalue weighted by molar-refractivity contribution is 0.0680. The largest absolute Gasteiger partial charge is 0.422 e. The molecule has 1 aliphatic rings. The average Bonchev–Trinajstić information content (AvgIpc) is 3.18. The van der Waals surface area contributed by atoms with Gasteiger partial charge in [-0.3, -0.25) is 14.3 Å². The van der Waals surface area contributed by atoms with E-state index in [4.69, 9.17) is 4.42 Å². The van der Waals surface area contributed by atoms with Crippen LogP contribution >= 0.6 is 0 Å². The van der Waals surface area contributed by atoms with E-state index in [1.165, 1.54) is 6.20 Å². The van der Waals surface area contributed by atoms with E-state index >= 15 is 0 Å². The Bertz CT molecular complexity index is 1110. The van der Waals surface area contributed by atoms with Crippen LogP contribution in [0.5, 0.6) is 0 Å². The Morgan fingerprint density at radius 1 is 1.24 bits per heavy atom. The third-order valence-corrected chi connectivity index (χ3v) is 5.29. The van der Waals surface area contributed by atoms with E-state index < -0.39 is 5.63 Å². The van der Waals surface area contributed by atoms with Gasteiger partial charge in [0.15, 0.2) is 0 Å². The molecule has 0 saturated carbocycles. The van der Waals surface area contributed by atoms with Crippen LogP contribution in [0.4, 0.5) is 0 Å². The molecule has 8 nitrogen and oxygen atoms in total. The summed E-state index contributed by atoms with van der Waals surface area (Å²) in [7, 11) is 1.76. The fraction of sp³-hybridized carbons (Fsp3) is 0.333. The van der Waals surface area contributed by atoms with Gasteiger partial charge in [-0.2, -0.15) is 5.10 Å². The number of rotatable bonds is 4. The number of nitrogens with one attached hydrogen (secondary N) is 1. The van der Waals surface area contributed by atoms with Crippen molar-refractivity contribution >= 4 is 22.8 Å². The highest BCUT2D eigenvalue weighted by Gasteiger charge is 2.26. The van der Waals surface area contributed by atoms with Crippen molar-refractivity contribution in [3.8, 4) is 0 Å². The molecular formula is C21H22N4O4. The van der Waals surface area contributed by atoms with Crippen molar-refractivity contribution in [2.75, 3.05) is 19.6 Å². The van der Waals surface area contributed by atoms with Gasteiger partial charge in [-0.05, 0) is 30.9 Å². The molecule has 1 N–H and O–H groups in total. The molecule has 0 atom stereocenters. The molecule has 8 heteroatoms. The number of benzene rings is 1. The summed E-state index contributed by atoms with van der Waals surface area (Å²) in [4.78, 5) is 38.8. The molecule has 4 rings (SSSR count). The zero-order valence-corrected chi connectivity index (χ0v) is 16.1. The molecule has 0 aliphatic carbocycles. The smallest absolute Gasteiger partial charge is 0.349 e. The van der Waals surface area contributed by atoms with E-state index in [1.807, 2.05) is 12.1 Å². The van der Waals surface area contributed by atoms with Crippen molar-refractivity contribution in [3.05, 3.63) is 64.3 Å². The van der Waals surface area contributed by atoms with Crippen molar-refractivity contribution in [1.29, 1.82) is 0 Å². The number of carbonyl (C=O) groups is 2. The second-order valence-electron chi connectivity index (χ2n) is 7.33. The van der Waals surface area contributed by atoms with E-state index in [2.05, 4.69) is 10.4 Å². The number of amides is 2. The summed E-state index contributed by atoms with van der Waals surface area (Å²) in [5.74, 6) is -0.166. The first-order valence-electron chi connectivity index (χ1n) is 9.60. The zero-order valence-electron chi connectivity index (χ0n) is 16.1. The van der Waals surface area contributed by atoms with Gasteiger partial charge in [0.2, 0.25) is 0 Å². The monoisotopic (exact) mass is 394 g/mol. The predicted octanol–water partition coefficient (Wildman–Crippen LogP) is 1.81. The molecule has 29 heavy (non-hydrogen) atoms.